The molecule has 0 aliphatic carbocycles. The quantitative estimate of drug-likeness (QED) is 0.692. The highest BCUT2D eigenvalue weighted by molar-refractivity contribution is 7.99. The molecule has 2 heterocycles. The number of benzene rings is 1. The first kappa shape index (κ1) is 20.0. The first-order chi connectivity index (χ1) is 13.0. The number of nitrogens with one attached hydrogen (secondary N) is 1. The second-order valence-corrected chi connectivity index (χ2v) is 8.55. The molecule has 1 N–H and O–H groups in total. The summed E-state index contributed by atoms with van der Waals surface area (Å²) in [7, 11) is 0. The third kappa shape index (κ3) is 5.36. The number of carbonyl (C=O) groups excluding carboxylic acids is 1. The highest BCUT2D eigenvalue weighted by Gasteiger charge is 2.22. The van der Waals surface area contributed by atoms with Crippen molar-refractivity contribution in [2.24, 2.45) is 0 Å². The van der Waals surface area contributed by atoms with Crippen molar-refractivity contribution in [1.82, 2.24) is 14.9 Å². The van der Waals surface area contributed by atoms with Crippen molar-refractivity contribution in [2.75, 3.05) is 12.4 Å². The molecule has 1 unspecified atom stereocenters. The van der Waals surface area contributed by atoms with Gasteiger partial charge in [-0.2, -0.15) is 0 Å². The third-order valence-corrected chi connectivity index (χ3v) is 5.98. The van der Waals surface area contributed by atoms with Gasteiger partial charge in [-0.1, -0.05) is 49.0 Å². The number of aromatic nitrogens is 2. The van der Waals surface area contributed by atoms with Crippen LogP contribution in [-0.2, 0) is 16.1 Å². The number of carbonyl (C=O) groups is 1. The summed E-state index contributed by atoms with van der Waals surface area (Å²) in [6.07, 6.45) is 5.20. The van der Waals surface area contributed by atoms with Crippen LogP contribution in [0.2, 0.25) is 0 Å². The maximum absolute atomic E-state index is 12.3. The SMILES string of the molecule is CCC(C)(C)NC(=O)CSc1ncc(-c2ccccc2)n1CC1CCCO1. The number of rotatable bonds is 8. The summed E-state index contributed by atoms with van der Waals surface area (Å²) in [5, 5.41) is 3.96. The second-order valence-electron chi connectivity index (χ2n) is 7.61. The lowest BCUT2D eigenvalue weighted by Crippen LogP contribution is -2.43. The molecule has 6 heteroatoms. The van der Waals surface area contributed by atoms with Gasteiger partial charge in [0, 0.05) is 12.1 Å². The van der Waals surface area contributed by atoms with Gasteiger partial charge in [-0.3, -0.25) is 4.79 Å². The monoisotopic (exact) mass is 387 g/mol. The molecule has 1 fully saturated rings. The molecule has 1 aromatic carbocycles. The Hall–Kier alpha value is -1.79. The van der Waals surface area contributed by atoms with Crippen LogP contribution in [-0.4, -0.2) is 39.5 Å². The minimum Gasteiger partial charge on any atom is -0.376 e. The van der Waals surface area contributed by atoms with Crippen LogP contribution in [0.25, 0.3) is 11.3 Å². The van der Waals surface area contributed by atoms with Crippen LogP contribution in [0.3, 0.4) is 0 Å². The largest absolute Gasteiger partial charge is 0.376 e. The number of hydrogen-bond donors (Lipinski definition) is 1. The fourth-order valence-electron chi connectivity index (χ4n) is 3.11. The molecular formula is C21H29N3O2S. The molecule has 1 amide bonds. The standard InChI is InChI=1S/C21H29N3O2S/c1-4-21(2,3)23-19(25)15-27-20-22-13-18(16-9-6-5-7-10-16)24(20)14-17-11-8-12-26-17/h5-7,9-10,13,17H,4,8,11-12,14-15H2,1-3H3,(H,23,25). The molecule has 146 valence electrons. The van der Waals surface area contributed by atoms with Crippen molar-refractivity contribution in [3.63, 3.8) is 0 Å². The molecule has 1 saturated heterocycles. The molecule has 5 nitrogen and oxygen atoms in total. The summed E-state index contributed by atoms with van der Waals surface area (Å²) in [6.45, 7) is 7.77. The summed E-state index contributed by atoms with van der Waals surface area (Å²) in [4.78, 5) is 16.9. The van der Waals surface area contributed by atoms with E-state index in [0.29, 0.717) is 5.75 Å². The Kier molecular flexibility index (Phi) is 6.60. The van der Waals surface area contributed by atoms with Crippen LogP contribution in [0.5, 0.6) is 0 Å². The third-order valence-electron chi connectivity index (χ3n) is 4.99. The van der Waals surface area contributed by atoms with E-state index in [0.717, 1.165) is 48.8 Å². The lowest BCUT2D eigenvalue weighted by atomic mass is 10.0. The number of ether oxygens (including phenoxy) is 1. The molecule has 1 aromatic heterocycles. The average molecular weight is 388 g/mol. The van der Waals surface area contributed by atoms with Gasteiger partial charge in [0.1, 0.15) is 0 Å². The van der Waals surface area contributed by atoms with Gasteiger partial charge in [-0.05, 0) is 38.7 Å². The van der Waals surface area contributed by atoms with E-state index in [9.17, 15) is 4.79 Å². The topological polar surface area (TPSA) is 56.2 Å². The van der Waals surface area contributed by atoms with Crippen molar-refractivity contribution >= 4 is 17.7 Å². The van der Waals surface area contributed by atoms with Crippen molar-refractivity contribution in [3.05, 3.63) is 36.5 Å². The Morgan fingerprint density at radius 2 is 2.15 bits per heavy atom. The smallest absolute Gasteiger partial charge is 0.230 e. The van der Waals surface area contributed by atoms with Crippen LogP contribution >= 0.6 is 11.8 Å². The van der Waals surface area contributed by atoms with Crippen molar-refractivity contribution in [2.45, 2.75) is 63.4 Å². The minimum absolute atomic E-state index is 0.0415. The van der Waals surface area contributed by atoms with Gasteiger partial charge in [-0.25, -0.2) is 4.98 Å². The van der Waals surface area contributed by atoms with Gasteiger partial charge < -0.3 is 14.6 Å². The minimum atomic E-state index is -0.181. The first-order valence-corrected chi connectivity index (χ1v) is 10.6. The van der Waals surface area contributed by atoms with E-state index >= 15 is 0 Å². The second kappa shape index (κ2) is 8.93. The van der Waals surface area contributed by atoms with E-state index in [1.165, 1.54) is 11.8 Å². The van der Waals surface area contributed by atoms with Gasteiger partial charge >= 0.3 is 0 Å². The van der Waals surface area contributed by atoms with Crippen LogP contribution in [0.4, 0.5) is 0 Å². The Bertz CT molecular complexity index is 752. The van der Waals surface area contributed by atoms with Crippen molar-refractivity contribution in [3.8, 4) is 11.3 Å². The van der Waals surface area contributed by atoms with Gasteiger partial charge in [0.2, 0.25) is 5.91 Å². The van der Waals surface area contributed by atoms with E-state index < -0.39 is 0 Å². The zero-order valence-electron chi connectivity index (χ0n) is 16.4. The molecule has 27 heavy (non-hydrogen) atoms. The van der Waals surface area contributed by atoms with E-state index in [2.05, 4.69) is 33.9 Å². The summed E-state index contributed by atoms with van der Waals surface area (Å²) in [5.41, 5.74) is 2.02. The number of hydrogen-bond acceptors (Lipinski definition) is 4. The summed E-state index contributed by atoms with van der Waals surface area (Å²) < 4.78 is 8.04. The average Bonchev–Trinajstić information content (AvgIpc) is 3.31. The van der Waals surface area contributed by atoms with Gasteiger partial charge in [0.15, 0.2) is 5.16 Å². The van der Waals surface area contributed by atoms with E-state index in [-0.39, 0.29) is 17.6 Å². The fraction of sp³-hybridized carbons (Fsp3) is 0.524. The van der Waals surface area contributed by atoms with Crippen LogP contribution in [0, 0.1) is 0 Å². The number of thioether (sulfide) groups is 1. The molecule has 0 spiro atoms. The maximum atomic E-state index is 12.3. The maximum Gasteiger partial charge on any atom is 0.230 e. The van der Waals surface area contributed by atoms with Gasteiger partial charge in [-0.15, -0.1) is 0 Å². The van der Waals surface area contributed by atoms with E-state index in [1.54, 1.807) is 0 Å². The highest BCUT2D eigenvalue weighted by atomic mass is 32.2. The van der Waals surface area contributed by atoms with Crippen molar-refractivity contribution in [1.29, 1.82) is 0 Å². The Morgan fingerprint density at radius 1 is 1.37 bits per heavy atom. The number of amides is 1. The molecule has 0 radical (unpaired) electrons. The zero-order valence-corrected chi connectivity index (χ0v) is 17.2. The molecular weight excluding hydrogens is 358 g/mol. The Balaban J connectivity index is 1.76. The first-order valence-electron chi connectivity index (χ1n) is 9.65. The molecule has 1 aliphatic heterocycles. The van der Waals surface area contributed by atoms with Gasteiger partial charge in [0.25, 0.3) is 0 Å². The van der Waals surface area contributed by atoms with Crippen LogP contribution in [0.15, 0.2) is 41.7 Å². The summed E-state index contributed by atoms with van der Waals surface area (Å²) in [5.74, 6) is 0.403. The van der Waals surface area contributed by atoms with Gasteiger partial charge in [0.05, 0.1) is 30.3 Å². The normalized spacial score (nSPS) is 17.2. The van der Waals surface area contributed by atoms with Crippen LogP contribution in [0.1, 0.15) is 40.0 Å². The summed E-state index contributed by atoms with van der Waals surface area (Å²) >= 11 is 1.49. The van der Waals surface area contributed by atoms with Crippen LogP contribution < -0.4 is 5.32 Å². The van der Waals surface area contributed by atoms with E-state index in [4.69, 9.17) is 4.74 Å². The Labute approximate surface area is 165 Å². The zero-order chi connectivity index (χ0) is 19.3. The molecule has 1 aliphatic rings. The molecule has 0 saturated carbocycles. The molecule has 3 rings (SSSR count). The highest BCUT2D eigenvalue weighted by Crippen LogP contribution is 2.28. The molecule has 1 atom stereocenters. The number of nitrogens with zero attached hydrogens (tertiary/aromatic N) is 2. The predicted octanol–water partition coefficient (Wildman–Crippen LogP) is 4.13. The number of imidazole rings is 1. The van der Waals surface area contributed by atoms with E-state index in [1.807, 2.05) is 38.2 Å². The van der Waals surface area contributed by atoms with Crippen molar-refractivity contribution < 1.29 is 9.53 Å². The Morgan fingerprint density at radius 3 is 2.81 bits per heavy atom. The lowest BCUT2D eigenvalue weighted by Gasteiger charge is -2.24. The molecule has 0 bridgehead atoms. The molecule has 2 aromatic rings. The fourth-order valence-corrected chi connectivity index (χ4v) is 3.90. The summed E-state index contributed by atoms with van der Waals surface area (Å²) in [6, 6.07) is 10.3. The lowest BCUT2D eigenvalue weighted by molar-refractivity contribution is -0.120. The predicted molar refractivity (Wildman–Crippen MR) is 110 cm³/mol.